The summed E-state index contributed by atoms with van der Waals surface area (Å²) in [4.78, 5) is 33.1. The summed E-state index contributed by atoms with van der Waals surface area (Å²) in [5, 5.41) is 5.82. The molecule has 146 valence electrons. The van der Waals surface area contributed by atoms with E-state index in [1.807, 2.05) is 30.3 Å². The van der Waals surface area contributed by atoms with E-state index in [9.17, 15) is 9.59 Å². The summed E-state index contributed by atoms with van der Waals surface area (Å²) in [6.07, 6.45) is 0. The van der Waals surface area contributed by atoms with Crippen LogP contribution in [0.25, 0.3) is 0 Å². The number of amides is 2. The minimum atomic E-state index is -0.628. The molecule has 0 radical (unpaired) electrons. The number of hydrogen-bond acceptors (Lipinski definition) is 8. The number of urea groups is 1. The first-order valence-electron chi connectivity index (χ1n) is 8.53. The average molecular weight is 400 g/mol. The highest BCUT2D eigenvalue weighted by atomic mass is 32.2. The van der Waals surface area contributed by atoms with Crippen molar-refractivity contribution >= 4 is 35.4 Å². The van der Waals surface area contributed by atoms with Gasteiger partial charge < -0.3 is 26.8 Å². The monoisotopic (exact) mass is 400 g/mol. The van der Waals surface area contributed by atoms with E-state index in [0.29, 0.717) is 16.4 Å². The van der Waals surface area contributed by atoms with Gasteiger partial charge in [-0.1, -0.05) is 42.1 Å². The first kappa shape index (κ1) is 19.5. The van der Waals surface area contributed by atoms with Gasteiger partial charge in [0.1, 0.15) is 11.6 Å². The van der Waals surface area contributed by atoms with E-state index in [1.54, 1.807) is 6.92 Å². The molecule has 1 atom stereocenters. The highest BCUT2D eigenvalue weighted by Gasteiger charge is 2.33. The van der Waals surface area contributed by atoms with E-state index >= 15 is 0 Å². The van der Waals surface area contributed by atoms with Crippen molar-refractivity contribution in [2.45, 2.75) is 18.1 Å². The molecule has 10 heteroatoms. The lowest BCUT2D eigenvalue weighted by Crippen LogP contribution is -2.46. The predicted molar refractivity (Wildman–Crippen MR) is 106 cm³/mol. The van der Waals surface area contributed by atoms with Crippen molar-refractivity contribution in [3.63, 3.8) is 0 Å². The highest BCUT2D eigenvalue weighted by Crippen LogP contribution is 2.30. The molecule has 0 unspecified atom stereocenters. The largest absolute Gasteiger partial charge is 0.463 e. The fourth-order valence-corrected chi connectivity index (χ4v) is 3.58. The summed E-state index contributed by atoms with van der Waals surface area (Å²) in [5.74, 6) is 0.207. The lowest BCUT2D eigenvalue weighted by Gasteiger charge is -2.29. The Balaban J connectivity index is 1.96. The van der Waals surface area contributed by atoms with Crippen LogP contribution in [0.2, 0.25) is 0 Å². The standard InChI is InChI=1S/C18H20N6O3S/c1-2-27-16(25)14-11(9-28-18-22-12(19)8-13(20)23-18)21-17(26)24-15(14)10-6-4-3-5-7-10/h3-8,15H,2,9H2,1H3,(H2,21,24,26)(H4,19,20,22,23)/t15-/m1/s1. The molecule has 0 bridgehead atoms. The topological polar surface area (TPSA) is 145 Å². The number of benzene rings is 1. The zero-order chi connectivity index (χ0) is 20.1. The minimum absolute atomic E-state index is 0.215. The Morgan fingerprint density at radius 2 is 1.89 bits per heavy atom. The zero-order valence-electron chi connectivity index (χ0n) is 15.1. The molecule has 1 aliphatic rings. The van der Waals surface area contributed by atoms with Crippen LogP contribution in [0.4, 0.5) is 16.4 Å². The van der Waals surface area contributed by atoms with Gasteiger partial charge in [-0.25, -0.2) is 19.6 Å². The van der Waals surface area contributed by atoms with Crippen molar-refractivity contribution in [1.82, 2.24) is 20.6 Å². The molecule has 9 nitrogen and oxygen atoms in total. The molecule has 6 N–H and O–H groups in total. The molecule has 0 spiro atoms. The van der Waals surface area contributed by atoms with Crippen LogP contribution in [0.5, 0.6) is 0 Å². The molecule has 1 aromatic carbocycles. The third kappa shape index (κ3) is 4.52. The maximum absolute atomic E-state index is 12.7. The normalized spacial score (nSPS) is 16.3. The molecule has 3 rings (SSSR count). The molecular weight excluding hydrogens is 380 g/mol. The minimum Gasteiger partial charge on any atom is -0.463 e. The van der Waals surface area contributed by atoms with Crippen LogP contribution in [0.3, 0.4) is 0 Å². The van der Waals surface area contributed by atoms with Crippen molar-refractivity contribution in [1.29, 1.82) is 0 Å². The third-order valence-electron chi connectivity index (χ3n) is 3.87. The number of anilines is 2. The van der Waals surface area contributed by atoms with Gasteiger partial charge in [0.15, 0.2) is 5.16 Å². The van der Waals surface area contributed by atoms with E-state index in [1.165, 1.54) is 17.8 Å². The van der Waals surface area contributed by atoms with Crippen LogP contribution in [0.1, 0.15) is 18.5 Å². The number of rotatable bonds is 6. The van der Waals surface area contributed by atoms with E-state index in [4.69, 9.17) is 16.2 Å². The molecule has 2 heterocycles. The number of aromatic nitrogens is 2. The smallest absolute Gasteiger partial charge is 0.338 e. The van der Waals surface area contributed by atoms with Gasteiger partial charge in [-0.05, 0) is 12.5 Å². The van der Waals surface area contributed by atoms with E-state index in [-0.39, 0.29) is 24.0 Å². The van der Waals surface area contributed by atoms with Gasteiger partial charge in [0.2, 0.25) is 0 Å². The van der Waals surface area contributed by atoms with Gasteiger partial charge in [0.05, 0.1) is 18.2 Å². The molecule has 2 aromatic rings. The number of carbonyl (C=O) groups is 2. The van der Waals surface area contributed by atoms with Crippen LogP contribution in [-0.2, 0) is 9.53 Å². The lowest BCUT2D eigenvalue weighted by atomic mass is 9.95. The Morgan fingerprint density at radius 3 is 2.54 bits per heavy atom. The number of carbonyl (C=O) groups excluding carboxylic acids is 2. The second-order valence-corrected chi connectivity index (χ2v) is 6.79. The summed E-state index contributed by atoms with van der Waals surface area (Å²) in [5.41, 5.74) is 12.9. The molecule has 1 aromatic heterocycles. The third-order valence-corrected chi connectivity index (χ3v) is 4.75. The Hall–Kier alpha value is -3.27. The molecule has 2 amide bonds. The first-order chi connectivity index (χ1) is 13.5. The summed E-state index contributed by atoms with van der Waals surface area (Å²) in [6.45, 7) is 1.94. The fourth-order valence-electron chi connectivity index (χ4n) is 2.74. The van der Waals surface area contributed by atoms with Crippen LogP contribution in [-0.4, -0.2) is 34.3 Å². The summed E-state index contributed by atoms with van der Waals surface area (Å²) < 4.78 is 5.22. The first-order valence-corrected chi connectivity index (χ1v) is 9.52. The molecule has 0 fully saturated rings. The second-order valence-electron chi connectivity index (χ2n) is 5.84. The predicted octanol–water partition coefficient (Wildman–Crippen LogP) is 1.60. The Kier molecular flexibility index (Phi) is 5.99. The number of nitrogens with two attached hydrogens (primary N) is 2. The quantitative estimate of drug-likeness (QED) is 0.325. The van der Waals surface area contributed by atoms with Crippen molar-refractivity contribution in [3.8, 4) is 0 Å². The summed E-state index contributed by atoms with van der Waals surface area (Å²) >= 11 is 1.20. The Bertz CT molecular complexity index is 899. The van der Waals surface area contributed by atoms with Crippen LogP contribution >= 0.6 is 11.8 Å². The fraction of sp³-hybridized carbons (Fsp3) is 0.222. The van der Waals surface area contributed by atoms with E-state index in [2.05, 4.69) is 20.6 Å². The number of nitrogen functional groups attached to an aromatic ring is 2. The van der Waals surface area contributed by atoms with Gasteiger partial charge in [-0.2, -0.15) is 0 Å². The molecule has 0 saturated heterocycles. The van der Waals surface area contributed by atoms with Gasteiger partial charge in [-0.15, -0.1) is 0 Å². The van der Waals surface area contributed by atoms with Crippen molar-refractivity contribution < 1.29 is 14.3 Å². The number of hydrogen-bond donors (Lipinski definition) is 4. The maximum atomic E-state index is 12.7. The molecule has 0 saturated carbocycles. The Labute approximate surface area is 165 Å². The number of esters is 1. The molecule has 28 heavy (non-hydrogen) atoms. The number of thioether (sulfide) groups is 1. The van der Waals surface area contributed by atoms with Crippen LogP contribution in [0.15, 0.2) is 52.8 Å². The lowest BCUT2D eigenvalue weighted by molar-refractivity contribution is -0.139. The average Bonchev–Trinajstić information content (AvgIpc) is 2.66. The van der Waals surface area contributed by atoms with Crippen LogP contribution in [0, 0.1) is 0 Å². The summed E-state index contributed by atoms with van der Waals surface area (Å²) in [7, 11) is 0. The summed E-state index contributed by atoms with van der Waals surface area (Å²) in [6, 6.07) is 9.61. The number of nitrogens with one attached hydrogen (secondary N) is 2. The van der Waals surface area contributed by atoms with Gasteiger partial charge in [0.25, 0.3) is 0 Å². The van der Waals surface area contributed by atoms with Crippen LogP contribution < -0.4 is 22.1 Å². The van der Waals surface area contributed by atoms with Gasteiger partial charge in [-0.3, -0.25) is 0 Å². The maximum Gasteiger partial charge on any atom is 0.338 e. The van der Waals surface area contributed by atoms with Gasteiger partial charge in [0, 0.05) is 17.5 Å². The Morgan fingerprint density at radius 1 is 1.21 bits per heavy atom. The van der Waals surface area contributed by atoms with E-state index < -0.39 is 18.0 Å². The SMILES string of the molecule is CCOC(=O)C1=C(CSc2nc(N)cc(N)n2)NC(=O)N[C@@H]1c1ccccc1. The van der Waals surface area contributed by atoms with Crippen molar-refractivity contribution in [2.75, 3.05) is 23.8 Å². The highest BCUT2D eigenvalue weighted by molar-refractivity contribution is 7.99. The number of nitrogens with zero attached hydrogens (tertiary/aromatic N) is 2. The zero-order valence-corrected chi connectivity index (χ0v) is 16.0. The van der Waals surface area contributed by atoms with E-state index in [0.717, 1.165) is 5.56 Å². The van der Waals surface area contributed by atoms with Crippen molar-refractivity contribution in [2.24, 2.45) is 0 Å². The van der Waals surface area contributed by atoms with Crippen molar-refractivity contribution in [3.05, 3.63) is 53.2 Å². The molecule has 0 aliphatic carbocycles. The molecular formula is C18H20N6O3S. The second kappa shape index (κ2) is 8.61. The van der Waals surface area contributed by atoms with Gasteiger partial charge >= 0.3 is 12.0 Å². The molecule has 1 aliphatic heterocycles. The number of ether oxygens (including phenoxy) is 1.